The summed E-state index contributed by atoms with van der Waals surface area (Å²) in [6.45, 7) is 7.79. The Labute approximate surface area is 155 Å². The number of hydrogen-bond donors (Lipinski definition) is 0. The van der Waals surface area contributed by atoms with Crippen LogP contribution < -0.4 is 0 Å². The number of benzene rings is 1. The van der Waals surface area contributed by atoms with Crippen molar-refractivity contribution in [1.29, 1.82) is 0 Å². The van der Waals surface area contributed by atoms with E-state index in [0.29, 0.717) is 5.82 Å². The van der Waals surface area contributed by atoms with Crippen molar-refractivity contribution in [3.63, 3.8) is 0 Å². The van der Waals surface area contributed by atoms with Crippen LogP contribution in [-0.2, 0) is 0 Å². The third-order valence-electron chi connectivity index (χ3n) is 5.68. The first-order valence-corrected chi connectivity index (χ1v) is 9.80. The van der Waals surface area contributed by atoms with Gasteiger partial charge in [-0.15, -0.1) is 0 Å². The van der Waals surface area contributed by atoms with Gasteiger partial charge in [-0.1, -0.05) is 47.6 Å². The maximum Gasteiger partial charge on any atom is 0.244 e. The minimum absolute atomic E-state index is 0.166. The Balaban J connectivity index is 1.31. The predicted octanol–water partition coefficient (Wildman–Crippen LogP) is 3.77. The molecule has 0 unspecified atom stereocenters. The molecule has 1 saturated heterocycles. The van der Waals surface area contributed by atoms with Crippen LogP contribution in [0.3, 0.4) is 0 Å². The van der Waals surface area contributed by atoms with Crippen LogP contribution in [0.25, 0.3) is 11.4 Å². The molecule has 0 amide bonds. The first-order chi connectivity index (χ1) is 12.8. The molecule has 2 heterocycles. The topological polar surface area (TPSA) is 45.4 Å². The van der Waals surface area contributed by atoms with Gasteiger partial charge in [0.2, 0.25) is 11.7 Å². The zero-order valence-electron chi connectivity index (χ0n) is 15.6. The average molecular weight is 352 g/mol. The summed E-state index contributed by atoms with van der Waals surface area (Å²) in [6, 6.07) is 10.2. The first kappa shape index (κ1) is 17.4. The van der Waals surface area contributed by atoms with Crippen LogP contribution >= 0.6 is 0 Å². The van der Waals surface area contributed by atoms with Gasteiger partial charge in [0.25, 0.3) is 0 Å². The van der Waals surface area contributed by atoms with Gasteiger partial charge in [0.15, 0.2) is 0 Å². The van der Waals surface area contributed by atoms with Crippen LogP contribution in [-0.4, -0.2) is 52.7 Å². The molecule has 5 heteroatoms. The second-order valence-corrected chi connectivity index (χ2v) is 7.49. The number of allylic oxidation sites excluding steroid dienone is 2. The minimum atomic E-state index is 0.166. The molecule has 1 aromatic heterocycles. The van der Waals surface area contributed by atoms with Crippen molar-refractivity contribution >= 4 is 0 Å². The molecule has 5 nitrogen and oxygen atoms in total. The van der Waals surface area contributed by atoms with Crippen LogP contribution in [0, 0.1) is 5.92 Å². The smallest absolute Gasteiger partial charge is 0.244 e. The van der Waals surface area contributed by atoms with Crippen molar-refractivity contribution in [1.82, 2.24) is 19.9 Å². The van der Waals surface area contributed by atoms with E-state index in [1.165, 1.54) is 25.8 Å². The molecule has 0 N–H and O–H groups in total. The highest BCUT2D eigenvalue weighted by Crippen LogP contribution is 2.24. The van der Waals surface area contributed by atoms with Crippen molar-refractivity contribution in [3.8, 4) is 11.4 Å². The van der Waals surface area contributed by atoms with Crippen molar-refractivity contribution in [2.45, 2.75) is 32.2 Å². The lowest BCUT2D eigenvalue weighted by Gasteiger charge is -2.38. The Morgan fingerprint density at radius 3 is 2.65 bits per heavy atom. The molecule has 2 atom stereocenters. The zero-order valence-corrected chi connectivity index (χ0v) is 15.6. The van der Waals surface area contributed by atoms with E-state index in [-0.39, 0.29) is 6.04 Å². The van der Waals surface area contributed by atoms with Crippen LogP contribution in [0.15, 0.2) is 47.0 Å². The third kappa shape index (κ3) is 4.05. The summed E-state index contributed by atoms with van der Waals surface area (Å²) in [5.41, 5.74) is 1.00. The predicted molar refractivity (Wildman–Crippen MR) is 103 cm³/mol. The van der Waals surface area contributed by atoms with E-state index in [9.17, 15) is 0 Å². The van der Waals surface area contributed by atoms with Gasteiger partial charge in [-0.2, -0.15) is 4.98 Å². The monoisotopic (exact) mass is 352 g/mol. The Morgan fingerprint density at radius 2 is 1.92 bits per heavy atom. The van der Waals surface area contributed by atoms with E-state index in [1.807, 2.05) is 30.3 Å². The normalized spacial score (nSPS) is 23.2. The fourth-order valence-corrected chi connectivity index (χ4v) is 3.99. The molecule has 1 aromatic carbocycles. The van der Waals surface area contributed by atoms with E-state index < -0.39 is 0 Å². The number of piperazine rings is 1. The second-order valence-electron chi connectivity index (χ2n) is 7.49. The summed E-state index contributed by atoms with van der Waals surface area (Å²) in [4.78, 5) is 9.71. The quantitative estimate of drug-likeness (QED) is 0.767. The van der Waals surface area contributed by atoms with Gasteiger partial charge in [0.1, 0.15) is 0 Å². The SMILES string of the molecule is C[C@H](c1nc(-c2ccccc2)no1)N1CCN(C[C@@H]2CC=CCC2)CC1. The molecule has 1 fully saturated rings. The van der Waals surface area contributed by atoms with E-state index in [1.54, 1.807) is 0 Å². The molecule has 26 heavy (non-hydrogen) atoms. The Bertz CT molecular complexity index is 719. The van der Waals surface area contributed by atoms with Gasteiger partial charge < -0.3 is 9.42 Å². The maximum absolute atomic E-state index is 5.56. The van der Waals surface area contributed by atoms with Gasteiger partial charge in [0, 0.05) is 38.3 Å². The Kier molecular flexibility index (Phi) is 5.46. The van der Waals surface area contributed by atoms with Crippen molar-refractivity contribution in [2.75, 3.05) is 32.7 Å². The molecule has 2 aromatic rings. The summed E-state index contributed by atoms with van der Waals surface area (Å²) < 4.78 is 5.56. The van der Waals surface area contributed by atoms with Crippen LogP contribution in [0.4, 0.5) is 0 Å². The molecule has 4 rings (SSSR count). The summed E-state index contributed by atoms with van der Waals surface area (Å²) in [5, 5.41) is 4.17. The fourth-order valence-electron chi connectivity index (χ4n) is 3.99. The number of hydrogen-bond acceptors (Lipinski definition) is 5. The first-order valence-electron chi connectivity index (χ1n) is 9.80. The summed E-state index contributed by atoms with van der Waals surface area (Å²) >= 11 is 0. The van der Waals surface area contributed by atoms with Crippen LogP contribution in [0.1, 0.15) is 38.1 Å². The average Bonchev–Trinajstić information content (AvgIpc) is 3.20. The molecule has 1 aliphatic heterocycles. The molecule has 2 aliphatic rings. The highest BCUT2D eigenvalue weighted by atomic mass is 16.5. The standard InChI is InChI=1S/C21H28N4O/c1-17(21-22-20(23-26-21)19-10-6-3-7-11-19)25-14-12-24(13-15-25)16-18-8-4-2-5-9-18/h2-4,6-7,10-11,17-18H,5,8-9,12-16H2,1H3/t17-,18-/m1/s1. The molecule has 138 valence electrons. The summed E-state index contributed by atoms with van der Waals surface area (Å²) in [6.07, 6.45) is 8.53. The van der Waals surface area contributed by atoms with Gasteiger partial charge in [-0.25, -0.2) is 0 Å². The van der Waals surface area contributed by atoms with Crippen molar-refractivity contribution < 1.29 is 4.52 Å². The molecule has 0 saturated carbocycles. The maximum atomic E-state index is 5.56. The highest BCUT2D eigenvalue weighted by Gasteiger charge is 2.27. The summed E-state index contributed by atoms with van der Waals surface area (Å²) in [5.74, 6) is 2.24. The van der Waals surface area contributed by atoms with Crippen molar-refractivity contribution in [2.24, 2.45) is 5.92 Å². The van der Waals surface area contributed by atoms with E-state index in [0.717, 1.165) is 43.6 Å². The molecule has 0 spiro atoms. The number of aromatic nitrogens is 2. The minimum Gasteiger partial charge on any atom is -0.337 e. The van der Waals surface area contributed by atoms with E-state index >= 15 is 0 Å². The Morgan fingerprint density at radius 1 is 1.12 bits per heavy atom. The highest BCUT2D eigenvalue weighted by molar-refractivity contribution is 5.53. The lowest BCUT2D eigenvalue weighted by Crippen LogP contribution is -2.48. The Hall–Kier alpha value is -1.98. The zero-order chi connectivity index (χ0) is 17.8. The molecular weight excluding hydrogens is 324 g/mol. The second kappa shape index (κ2) is 8.14. The fraction of sp³-hybridized carbons (Fsp3) is 0.524. The van der Waals surface area contributed by atoms with Gasteiger partial charge in [-0.05, 0) is 32.1 Å². The van der Waals surface area contributed by atoms with Gasteiger partial charge >= 0.3 is 0 Å². The van der Waals surface area contributed by atoms with Crippen molar-refractivity contribution in [3.05, 3.63) is 48.4 Å². The van der Waals surface area contributed by atoms with Gasteiger partial charge in [-0.3, -0.25) is 4.90 Å². The molecule has 0 bridgehead atoms. The number of rotatable bonds is 5. The lowest BCUT2D eigenvalue weighted by atomic mass is 9.94. The molecule has 1 aliphatic carbocycles. The molecular formula is C21H28N4O. The van der Waals surface area contributed by atoms with Crippen LogP contribution in [0.5, 0.6) is 0 Å². The molecule has 0 radical (unpaired) electrons. The summed E-state index contributed by atoms with van der Waals surface area (Å²) in [7, 11) is 0. The third-order valence-corrected chi connectivity index (χ3v) is 5.68. The largest absolute Gasteiger partial charge is 0.337 e. The number of nitrogens with zero attached hydrogens (tertiary/aromatic N) is 4. The van der Waals surface area contributed by atoms with Gasteiger partial charge in [0.05, 0.1) is 6.04 Å². The van der Waals surface area contributed by atoms with Crippen LogP contribution in [0.2, 0.25) is 0 Å². The van der Waals surface area contributed by atoms with E-state index in [2.05, 4.69) is 39.0 Å². The lowest BCUT2D eigenvalue weighted by molar-refractivity contribution is 0.0782. The van der Waals surface area contributed by atoms with E-state index in [4.69, 9.17) is 4.52 Å².